The lowest BCUT2D eigenvalue weighted by Gasteiger charge is -2.16. The fraction of sp³-hybridized carbons (Fsp3) is 0.300. The Hall–Kier alpha value is -3.23. The molecule has 2 aromatic rings. The summed E-state index contributed by atoms with van der Waals surface area (Å²) in [6.07, 6.45) is -3.42. The number of amides is 3. The van der Waals surface area contributed by atoms with Crippen LogP contribution >= 0.6 is 0 Å². The number of benzene rings is 2. The van der Waals surface area contributed by atoms with Gasteiger partial charge in [-0.2, -0.15) is 0 Å². The van der Waals surface area contributed by atoms with E-state index in [0.29, 0.717) is 13.0 Å². The van der Waals surface area contributed by atoms with Crippen molar-refractivity contribution in [3.8, 4) is 5.75 Å². The van der Waals surface area contributed by atoms with Gasteiger partial charge in [-0.05, 0) is 29.7 Å². The first-order valence-electron chi connectivity index (χ1n) is 9.05. The molecule has 1 heterocycles. The molecule has 29 heavy (non-hydrogen) atoms. The van der Waals surface area contributed by atoms with Crippen molar-refractivity contribution in [1.82, 2.24) is 10.2 Å². The molecule has 154 valence electrons. The van der Waals surface area contributed by atoms with Gasteiger partial charge in [-0.15, -0.1) is 13.2 Å². The van der Waals surface area contributed by atoms with E-state index >= 15 is 0 Å². The topological polar surface area (TPSA) is 70.7 Å². The maximum atomic E-state index is 12.5. The average molecular weight is 407 g/mol. The van der Waals surface area contributed by atoms with Gasteiger partial charge in [-0.3, -0.25) is 4.79 Å². The zero-order valence-electron chi connectivity index (χ0n) is 15.5. The summed E-state index contributed by atoms with van der Waals surface area (Å²) in [5, 5.41) is 4.95. The molecule has 1 saturated heterocycles. The zero-order chi connectivity index (χ0) is 20.9. The van der Waals surface area contributed by atoms with Gasteiger partial charge in [0.05, 0.1) is 5.69 Å². The first-order chi connectivity index (χ1) is 13.8. The highest BCUT2D eigenvalue weighted by molar-refractivity contribution is 5.90. The maximum absolute atomic E-state index is 12.5. The number of halogens is 3. The van der Waals surface area contributed by atoms with Crippen LogP contribution in [0.1, 0.15) is 24.0 Å². The average Bonchev–Trinajstić information content (AvgIpc) is 3.05. The fourth-order valence-corrected chi connectivity index (χ4v) is 3.06. The van der Waals surface area contributed by atoms with Gasteiger partial charge in [0.2, 0.25) is 5.91 Å². The minimum Gasteiger partial charge on any atom is -0.404 e. The number of alkyl halides is 3. The van der Waals surface area contributed by atoms with Gasteiger partial charge in [0.1, 0.15) is 0 Å². The van der Waals surface area contributed by atoms with Gasteiger partial charge >= 0.3 is 12.4 Å². The Balaban J connectivity index is 1.56. The summed E-state index contributed by atoms with van der Waals surface area (Å²) in [4.78, 5) is 25.6. The monoisotopic (exact) mass is 407 g/mol. The molecule has 0 bridgehead atoms. The van der Waals surface area contributed by atoms with Crippen molar-refractivity contribution in [2.75, 3.05) is 11.9 Å². The van der Waals surface area contributed by atoms with Crippen LogP contribution in [0.15, 0.2) is 48.5 Å². The molecule has 1 aliphatic heterocycles. The number of anilines is 1. The second-order valence-electron chi connectivity index (χ2n) is 6.59. The van der Waals surface area contributed by atoms with Crippen LogP contribution in [0.5, 0.6) is 5.75 Å². The van der Waals surface area contributed by atoms with Crippen LogP contribution < -0.4 is 15.4 Å². The predicted octanol–water partition coefficient (Wildman–Crippen LogP) is 4.03. The van der Waals surface area contributed by atoms with Crippen molar-refractivity contribution in [3.05, 3.63) is 59.7 Å². The molecule has 0 saturated carbocycles. The molecule has 2 aromatic carbocycles. The largest absolute Gasteiger partial charge is 0.573 e. The van der Waals surface area contributed by atoms with E-state index in [9.17, 15) is 22.8 Å². The molecular formula is C20H20F3N3O3. The Bertz CT molecular complexity index is 887. The molecule has 0 aliphatic carbocycles. The summed E-state index contributed by atoms with van der Waals surface area (Å²) in [6, 6.07) is 12.1. The number of nitrogens with zero attached hydrogens (tertiary/aromatic N) is 1. The first-order valence-corrected chi connectivity index (χ1v) is 9.05. The van der Waals surface area contributed by atoms with Crippen LogP contribution in [-0.4, -0.2) is 29.7 Å². The number of rotatable bonds is 6. The molecular weight excluding hydrogens is 387 g/mol. The molecule has 1 fully saturated rings. The van der Waals surface area contributed by atoms with E-state index in [1.54, 1.807) is 4.90 Å². The SMILES string of the molecule is O=C(NCc1cccc(CN2CCCC2=O)c1)Nc1ccccc1OC(F)(F)F. The minimum atomic E-state index is -4.86. The summed E-state index contributed by atoms with van der Waals surface area (Å²) in [7, 11) is 0. The minimum absolute atomic E-state index is 0.0939. The van der Waals surface area contributed by atoms with Gasteiger partial charge in [0.25, 0.3) is 0 Å². The smallest absolute Gasteiger partial charge is 0.404 e. The number of ether oxygens (including phenoxy) is 1. The van der Waals surface area contributed by atoms with Crippen LogP contribution in [0, 0.1) is 0 Å². The Labute approximate surface area is 165 Å². The highest BCUT2D eigenvalue weighted by atomic mass is 19.4. The number of likely N-dealkylation sites (tertiary alicyclic amines) is 1. The molecule has 3 rings (SSSR count). The molecule has 6 nitrogen and oxygen atoms in total. The number of carbonyl (C=O) groups is 2. The molecule has 0 spiro atoms. The number of carbonyl (C=O) groups excluding carboxylic acids is 2. The van der Waals surface area contributed by atoms with Crippen molar-refractivity contribution >= 4 is 17.6 Å². The van der Waals surface area contributed by atoms with Gasteiger partial charge in [0, 0.05) is 26.1 Å². The standard InChI is InChI=1S/C20H20F3N3O3/c21-20(22,23)29-17-8-2-1-7-16(17)25-19(28)24-12-14-5-3-6-15(11-14)13-26-10-4-9-18(26)27/h1-3,5-8,11H,4,9-10,12-13H2,(H2,24,25,28). The van der Waals surface area contributed by atoms with E-state index in [-0.39, 0.29) is 18.1 Å². The Morgan fingerprint density at radius 3 is 2.59 bits per heavy atom. The van der Waals surface area contributed by atoms with Gasteiger partial charge < -0.3 is 20.3 Å². The maximum Gasteiger partial charge on any atom is 0.573 e. The Morgan fingerprint density at radius 1 is 1.10 bits per heavy atom. The third-order valence-electron chi connectivity index (χ3n) is 4.35. The lowest BCUT2D eigenvalue weighted by molar-refractivity contribution is -0.274. The number of hydrogen-bond donors (Lipinski definition) is 2. The van der Waals surface area contributed by atoms with Crippen molar-refractivity contribution < 1.29 is 27.5 Å². The van der Waals surface area contributed by atoms with E-state index < -0.39 is 18.1 Å². The van der Waals surface area contributed by atoms with Crippen molar-refractivity contribution in [2.45, 2.75) is 32.3 Å². The van der Waals surface area contributed by atoms with Crippen molar-refractivity contribution in [2.24, 2.45) is 0 Å². The predicted molar refractivity (Wildman–Crippen MR) is 100 cm³/mol. The summed E-state index contributed by atoms with van der Waals surface area (Å²) in [6.45, 7) is 1.43. The Kier molecular flexibility index (Phi) is 6.26. The van der Waals surface area contributed by atoms with Gasteiger partial charge in [0.15, 0.2) is 5.75 Å². The lowest BCUT2D eigenvalue weighted by Crippen LogP contribution is -2.29. The zero-order valence-corrected chi connectivity index (χ0v) is 15.5. The molecule has 0 aromatic heterocycles. The third kappa shape index (κ3) is 6.13. The number of nitrogens with one attached hydrogen (secondary N) is 2. The van der Waals surface area contributed by atoms with E-state index in [0.717, 1.165) is 30.2 Å². The van der Waals surface area contributed by atoms with E-state index in [4.69, 9.17) is 0 Å². The molecule has 0 atom stereocenters. The van der Waals surface area contributed by atoms with Crippen LogP contribution in [0.25, 0.3) is 0 Å². The molecule has 1 aliphatic rings. The number of para-hydroxylation sites is 2. The highest BCUT2D eigenvalue weighted by Gasteiger charge is 2.32. The second-order valence-corrected chi connectivity index (χ2v) is 6.59. The molecule has 2 N–H and O–H groups in total. The number of hydrogen-bond acceptors (Lipinski definition) is 3. The number of urea groups is 1. The van der Waals surface area contributed by atoms with Crippen LogP contribution in [-0.2, 0) is 17.9 Å². The lowest BCUT2D eigenvalue weighted by atomic mass is 10.1. The van der Waals surface area contributed by atoms with Crippen LogP contribution in [0.4, 0.5) is 23.7 Å². The van der Waals surface area contributed by atoms with E-state index in [1.165, 1.54) is 18.2 Å². The first kappa shape index (κ1) is 20.5. The summed E-state index contributed by atoms with van der Waals surface area (Å²) >= 11 is 0. The third-order valence-corrected chi connectivity index (χ3v) is 4.35. The van der Waals surface area contributed by atoms with Crippen molar-refractivity contribution in [3.63, 3.8) is 0 Å². The summed E-state index contributed by atoms with van der Waals surface area (Å²) in [5.74, 6) is -0.361. The molecule has 3 amide bonds. The van der Waals surface area contributed by atoms with E-state index in [1.807, 2.05) is 24.3 Å². The molecule has 9 heteroatoms. The van der Waals surface area contributed by atoms with Gasteiger partial charge in [-0.1, -0.05) is 36.4 Å². The normalized spacial score (nSPS) is 14.0. The quantitative estimate of drug-likeness (QED) is 0.760. The molecule has 0 unspecified atom stereocenters. The van der Waals surface area contributed by atoms with E-state index in [2.05, 4.69) is 15.4 Å². The fourth-order valence-electron chi connectivity index (χ4n) is 3.06. The summed E-state index contributed by atoms with van der Waals surface area (Å²) in [5.41, 5.74) is 1.66. The Morgan fingerprint density at radius 2 is 1.86 bits per heavy atom. The summed E-state index contributed by atoms with van der Waals surface area (Å²) < 4.78 is 41.3. The molecule has 0 radical (unpaired) electrons. The van der Waals surface area contributed by atoms with Crippen LogP contribution in [0.2, 0.25) is 0 Å². The highest BCUT2D eigenvalue weighted by Crippen LogP contribution is 2.29. The van der Waals surface area contributed by atoms with Crippen molar-refractivity contribution in [1.29, 1.82) is 0 Å². The van der Waals surface area contributed by atoms with Crippen LogP contribution in [0.3, 0.4) is 0 Å². The second kappa shape index (κ2) is 8.85. The van der Waals surface area contributed by atoms with Gasteiger partial charge in [-0.25, -0.2) is 4.79 Å².